The summed E-state index contributed by atoms with van der Waals surface area (Å²) in [5, 5.41) is 2.62. The van der Waals surface area contributed by atoms with E-state index in [1.54, 1.807) is 25.3 Å². The molecule has 0 radical (unpaired) electrons. The Hall–Kier alpha value is -2.02. The molecule has 7 heteroatoms. The quantitative estimate of drug-likeness (QED) is 0.861. The van der Waals surface area contributed by atoms with E-state index >= 15 is 0 Å². The van der Waals surface area contributed by atoms with Crippen molar-refractivity contribution in [1.82, 2.24) is 4.98 Å². The molecule has 0 aliphatic rings. The summed E-state index contributed by atoms with van der Waals surface area (Å²) < 4.78 is 36.6. The highest BCUT2D eigenvalue weighted by atomic mass is 32.2. The lowest BCUT2D eigenvalue weighted by Crippen LogP contribution is -2.13. The Morgan fingerprint density at radius 3 is 2.43 bits per heavy atom. The Bertz CT molecular complexity index is 641. The van der Waals surface area contributed by atoms with Gasteiger partial charge in [0.05, 0.1) is 0 Å². The molecular formula is C14H11F3N2OS. The van der Waals surface area contributed by atoms with E-state index in [2.05, 4.69) is 10.3 Å². The summed E-state index contributed by atoms with van der Waals surface area (Å²) in [7, 11) is 0. The standard InChI is InChI=1S/C14H11F3N2OS/c1-9-3-2-8-18-12(9)19-13(20)10-4-6-11(7-5-10)21-14(15,16)17/h2-8H,1H3,(H,18,19,20). The molecule has 1 aromatic carbocycles. The number of alkyl halides is 3. The molecule has 2 aromatic rings. The number of thioether (sulfide) groups is 1. The highest BCUT2D eigenvalue weighted by Crippen LogP contribution is 2.36. The number of aryl methyl sites for hydroxylation is 1. The average Bonchev–Trinajstić information content (AvgIpc) is 2.40. The number of nitrogens with one attached hydrogen (secondary N) is 1. The molecular weight excluding hydrogens is 301 g/mol. The molecule has 0 bridgehead atoms. The monoisotopic (exact) mass is 312 g/mol. The fraction of sp³-hybridized carbons (Fsp3) is 0.143. The third-order valence-electron chi connectivity index (χ3n) is 2.59. The molecule has 2 rings (SSSR count). The average molecular weight is 312 g/mol. The van der Waals surface area contributed by atoms with Gasteiger partial charge in [-0.3, -0.25) is 4.79 Å². The SMILES string of the molecule is Cc1cccnc1NC(=O)c1ccc(SC(F)(F)F)cc1. The van der Waals surface area contributed by atoms with Gasteiger partial charge in [0.25, 0.3) is 5.91 Å². The Morgan fingerprint density at radius 2 is 1.86 bits per heavy atom. The molecule has 1 amide bonds. The molecule has 0 atom stereocenters. The fourth-order valence-electron chi connectivity index (χ4n) is 1.60. The number of amides is 1. The second-order valence-corrected chi connectivity index (χ2v) is 5.33. The van der Waals surface area contributed by atoms with Gasteiger partial charge < -0.3 is 5.32 Å². The summed E-state index contributed by atoms with van der Waals surface area (Å²) in [6.45, 7) is 1.80. The molecule has 0 unspecified atom stereocenters. The van der Waals surface area contributed by atoms with Crippen LogP contribution in [0.4, 0.5) is 19.0 Å². The number of anilines is 1. The molecule has 0 fully saturated rings. The fourth-order valence-corrected chi connectivity index (χ4v) is 2.14. The maximum Gasteiger partial charge on any atom is 0.446 e. The maximum absolute atomic E-state index is 12.2. The predicted molar refractivity (Wildman–Crippen MR) is 75.3 cm³/mol. The number of pyridine rings is 1. The number of carbonyl (C=O) groups excluding carboxylic acids is 1. The van der Waals surface area contributed by atoms with Crippen LogP contribution >= 0.6 is 11.8 Å². The third-order valence-corrected chi connectivity index (χ3v) is 3.33. The van der Waals surface area contributed by atoms with E-state index < -0.39 is 11.4 Å². The van der Waals surface area contributed by atoms with Gasteiger partial charge in [-0.25, -0.2) is 4.98 Å². The van der Waals surface area contributed by atoms with E-state index in [9.17, 15) is 18.0 Å². The van der Waals surface area contributed by atoms with Crippen molar-refractivity contribution in [3.05, 3.63) is 53.7 Å². The molecule has 0 saturated carbocycles. The summed E-state index contributed by atoms with van der Waals surface area (Å²) in [6, 6.07) is 8.76. The molecule has 0 aliphatic heterocycles. The smallest absolute Gasteiger partial charge is 0.306 e. The van der Waals surface area contributed by atoms with Crippen molar-refractivity contribution in [1.29, 1.82) is 0 Å². The van der Waals surface area contributed by atoms with Crippen molar-refractivity contribution in [2.45, 2.75) is 17.3 Å². The zero-order chi connectivity index (χ0) is 15.5. The molecule has 1 N–H and O–H groups in total. The summed E-state index contributed by atoms with van der Waals surface area (Å²) in [4.78, 5) is 16.0. The first-order valence-electron chi connectivity index (χ1n) is 5.94. The molecule has 1 heterocycles. The lowest BCUT2D eigenvalue weighted by Gasteiger charge is -2.08. The topological polar surface area (TPSA) is 42.0 Å². The molecule has 0 spiro atoms. The normalized spacial score (nSPS) is 11.2. The van der Waals surface area contributed by atoms with Crippen LogP contribution in [0.5, 0.6) is 0 Å². The van der Waals surface area contributed by atoms with Crippen molar-refractivity contribution >= 4 is 23.5 Å². The van der Waals surface area contributed by atoms with Gasteiger partial charge in [-0.2, -0.15) is 13.2 Å². The van der Waals surface area contributed by atoms with Crippen LogP contribution in [0.3, 0.4) is 0 Å². The lowest BCUT2D eigenvalue weighted by atomic mass is 10.2. The van der Waals surface area contributed by atoms with Gasteiger partial charge in [-0.05, 0) is 54.6 Å². The van der Waals surface area contributed by atoms with Crippen molar-refractivity contribution in [3.63, 3.8) is 0 Å². The number of halogens is 3. The lowest BCUT2D eigenvalue weighted by molar-refractivity contribution is -0.0328. The minimum Gasteiger partial charge on any atom is -0.306 e. The van der Waals surface area contributed by atoms with E-state index in [1.807, 2.05) is 0 Å². The van der Waals surface area contributed by atoms with E-state index in [1.165, 1.54) is 24.3 Å². The number of rotatable bonds is 3. The molecule has 1 aromatic heterocycles. The minimum atomic E-state index is -4.34. The highest BCUT2D eigenvalue weighted by Gasteiger charge is 2.29. The predicted octanol–water partition coefficient (Wildman–Crippen LogP) is 4.25. The number of aromatic nitrogens is 1. The van der Waals surface area contributed by atoms with Gasteiger partial charge >= 0.3 is 5.51 Å². The van der Waals surface area contributed by atoms with Crippen molar-refractivity contribution < 1.29 is 18.0 Å². The largest absolute Gasteiger partial charge is 0.446 e. The minimum absolute atomic E-state index is 0.0352. The second-order valence-electron chi connectivity index (χ2n) is 4.20. The van der Waals surface area contributed by atoms with Crippen molar-refractivity contribution in [3.8, 4) is 0 Å². The summed E-state index contributed by atoms with van der Waals surface area (Å²) in [5.74, 6) is 0.0107. The van der Waals surface area contributed by atoms with E-state index in [-0.39, 0.29) is 22.2 Å². The zero-order valence-corrected chi connectivity index (χ0v) is 11.8. The van der Waals surface area contributed by atoms with E-state index in [0.29, 0.717) is 5.82 Å². The van der Waals surface area contributed by atoms with Crippen LogP contribution in [0.15, 0.2) is 47.5 Å². The molecule has 0 saturated heterocycles. The Kier molecular flexibility index (Phi) is 4.52. The summed E-state index contributed by atoms with van der Waals surface area (Å²) in [5.41, 5.74) is -3.27. The van der Waals surface area contributed by atoms with E-state index in [4.69, 9.17) is 0 Å². The molecule has 3 nitrogen and oxygen atoms in total. The van der Waals surface area contributed by atoms with Crippen LogP contribution in [0.2, 0.25) is 0 Å². The van der Waals surface area contributed by atoms with Gasteiger partial charge in [0.15, 0.2) is 0 Å². The molecule has 21 heavy (non-hydrogen) atoms. The van der Waals surface area contributed by atoms with Crippen molar-refractivity contribution in [2.24, 2.45) is 0 Å². The first-order chi connectivity index (χ1) is 9.85. The van der Waals surface area contributed by atoms with Gasteiger partial charge in [-0.1, -0.05) is 6.07 Å². The van der Waals surface area contributed by atoms with Gasteiger partial charge in [0.1, 0.15) is 5.82 Å². The summed E-state index contributed by atoms with van der Waals surface area (Å²) in [6.07, 6.45) is 1.55. The van der Waals surface area contributed by atoms with Crippen molar-refractivity contribution in [2.75, 3.05) is 5.32 Å². The molecule has 0 aliphatic carbocycles. The van der Waals surface area contributed by atoms with Crippen LogP contribution in [0.25, 0.3) is 0 Å². The highest BCUT2D eigenvalue weighted by molar-refractivity contribution is 8.00. The Labute approximate surface area is 123 Å². The zero-order valence-electron chi connectivity index (χ0n) is 10.9. The number of hydrogen-bond acceptors (Lipinski definition) is 3. The maximum atomic E-state index is 12.2. The van der Waals surface area contributed by atoms with Gasteiger partial charge in [-0.15, -0.1) is 0 Å². The van der Waals surface area contributed by atoms with Crippen LogP contribution in [0, 0.1) is 6.92 Å². The molecule has 110 valence electrons. The van der Waals surface area contributed by atoms with Crippen LogP contribution in [0.1, 0.15) is 15.9 Å². The first-order valence-corrected chi connectivity index (χ1v) is 6.75. The van der Waals surface area contributed by atoms with Crippen LogP contribution < -0.4 is 5.32 Å². The Balaban J connectivity index is 2.08. The Morgan fingerprint density at radius 1 is 1.19 bits per heavy atom. The first kappa shape index (κ1) is 15.4. The van der Waals surface area contributed by atoms with Gasteiger partial charge in [0.2, 0.25) is 0 Å². The number of benzene rings is 1. The number of hydrogen-bond donors (Lipinski definition) is 1. The van der Waals surface area contributed by atoms with Crippen LogP contribution in [-0.4, -0.2) is 16.4 Å². The van der Waals surface area contributed by atoms with E-state index in [0.717, 1.165) is 5.56 Å². The third kappa shape index (κ3) is 4.49. The van der Waals surface area contributed by atoms with Crippen LogP contribution in [-0.2, 0) is 0 Å². The summed E-state index contributed by atoms with van der Waals surface area (Å²) >= 11 is -0.216. The number of carbonyl (C=O) groups is 1. The van der Waals surface area contributed by atoms with Gasteiger partial charge in [0, 0.05) is 16.7 Å². The number of nitrogens with zero attached hydrogens (tertiary/aromatic N) is 1. The second kappa shape index (κ2) is 6.17.